The molecule has 0 aliphatic rings. The molecule has 2 rings (SSSR count). The quantitative estimate of drug-likeness (QED) is 0.904. The Morgan fingerprint density at radius 1 is 1.41 bits per heavy atom. The number of hydrogen-bond acceptors (Lipinski definition) is 3. The zero-order valence-corrected chi connectivity index (χ0v) is 10.7. The molecule has 0 amide bonds. The molecule has 0 aliphatic heterocycles. The van der Waals surface area contributed by atoms with Gasteiger partial charge in [-0.3, -0.25) is 0 Å². The average Bonchev–Trinajstić information content (AvgIpc) is 2.75. The van der Waals surface area contributed by atoms with Crippen molar-refractivity contribution in [1.29, 1.82) is 0 Å². The smallest absolute Gasteiger partial charge is 0.226 e. The van der Waals surface area contributed by atoms with Crippen LogP contribution in [0.3, 0.4) is 0 Å². The van der Waals surface area contributed by atoms with E-state index in [2.05, 4.69) is 17.2 Å². The van der Waals surface area contributed by atoms with Crippen LogP contribution in [0, 0.1) is 6.92 Å². The fourth-order valence-corrected chi connectivity index (χ4v) is 1.86. The molecule has 0 fully saturated rings. The lowest BCUT2D eigenvalue weighted by molar-refractivity contribution is 0.570. The molecule has 0 atom stereocenters. The summed E-state index contributed by atoms with van der Waals surface area (Å²) in [6.07, 6.45) is 1.69. The van der Waals surface area contributed by atoms with Gasteiger partial charge in [0.25, 0.3) is 0 Å². The van der Waals surface area contributed by atoms with Crippen LogP contribution < -0.4 is 5.32 Å². The minimum Gasteiger partial charge on any atom is -0.444 e. The molecule has 0 unspecified atom stereocenters. The number of rotatable bonds is 4. The highest BCUT2D eigenvalue weighted by Crippen LogP contribution is 2.25. The van der Waals surface area contributed by atoms with Gasteiger partial charge in [0.05, 0.1) is 5.69 Å². The number of hydrogen-bond donors (Lipinski definition) is 1. The molecule has 0 radical (unpaired) electrons. The van der Waals surface area contributed by atoms with Crippen molar-refractivity contribution in [3.8, 4) is 11.5 Å². The Hall–Kier alpha value is -1.32. The van der Waals surface area contributed by atoms with Crippen LogP contribution in [0.2, 0.25) is 5.02 Å². The molecule has 1 heterocycles. The third-order valence-corrected chi connectivity index (χ3v) is 2.76. The molecule has 1 aromatic heterocycles. The Morgan fingerprint density at radius 3 is 2.94 bits per heavy atom. The molecule has 90 valence electrons. The summed E-state index contributed by atoms with van der Waals surface area (Å²) in [7, 11) is 0. The summed E-state index contributed by atoms with van der Waals surface area (Å²) < 4.78 is 5.47. The highest BCUT2D eigenvalue weighted by molar-refractivity contribution is 6.30. The highest BCUT2D eigenvalue weighted by atomic mass is 35.5. The molecule has 1 aromatic carbocycles. The van der Waals surface area contributed by atoms with Crippen molar-refractivity contribution in [2.45, 2.75) is 20.4 Å². The normalized spacial score (nSPS) is 10.8. The van der Waals surface area contributed by atoms with Gasteiger partial charge in [-0.1, -0.05) is 18.5 Å². The van der Waals surface area contributed by atoms with E-state index in [1.54, 1.807) is 6.26 Å². The van der Waals surface area contributed by atoms with Gasteiger partial charge in [-0.2, -0.15) is 0 Å². The Balaban J connectivity index is 2.24. The molecule has 4 heteroatoms. The maximum atomic E-state index is 5.92. The molecule has 0 saturated heterocycles. The van der Waals surface area contributed by atoms with E-state index in [1.807, 2.05) is 25.1 Å². The third-order valence-electron chi connectivity index (χ3n) is 2.53. The van der Waals surface area contributed by atoms with E-state index in [0.717, 1.165) is 34.9 Å². The van der Waals surface area contributed by atoms with Gasteiger partial charge in [0.2, 0.25) is 5.89 Å². The van der Waals surface area contributed by atoms with E-state index >= 15 is 0 Å². The second-order valence-electron chi connectivity index (χ2n) is 3.88. The average molecular weight is 251 g/mol. The topological polar surface area (TPSA) is 38.1 Å². The van der Waals surface area contributed by atoms with Gasteiger partial charge in [0.1, 0.15) is 6.26 Å². The van der Waals surface area contributed by atoms with Crippen LogP contribution in [0.5, 0.6) is 0 Å². The van der Waals surface area contributed by atoms with E-state index in [0.29, 0.717) is 5.89 Å². The molecule has 0 saturated carbocycles. The number of nitrogens with zero attached hydrogens (tertiary/aromatic N) is 1. The van der Waals surface area contributed by atoms with Crippen LogP contribution in [0.1, 0.15) is 18.2 Å². The number of aromatic nitrogens is 1. The van der Waals surface area contributed by atoms with Crippen molar-refractivity contribution >= 4 is 11.6 Å². The van der Waals surface area contributed by atoms with Gasteiger partial charge >= 0.3 is 0 Å². The van der Waals surface area contributed by atoms with Gasteiger partial charge in [-0.15, -0.1) is 0 Å². The molecule has 2 aromatic rings. The minimum absolute atomic E-state index is 0.645. The third kappa shape index (κ3) is 2.87. The molecule has 1 N–H and O–H groups in total. The fraction of sp³-hybridized carbons (Fsp3) is 0.308. The van der Waals surface area contributed by atoms with Crippen molar-refractivity contribution < 1.29 is 4.42 Å². The lowest BCUT2D eigenvalue weighted by atomic mass is 10.1. The zero-order valence-electron chi connectivity index (χ0n) is 9.96. The summed E-state index contributed by atoms with van der Waals surface area (Å²) in [4.78, 5) is 4.44. The Morgan fingerprint density at radius 2 is 2.24 bits per heavy atom. The van der Waals surface area contributed by atoms with E-state index in [-0.39, 0.29) is 0 Å². The molecule has 3 nitrogen and oxygen atoms in total. The van der Waals surface area contributed by atoms with Gasteiger partial charge in [-0.25, -0.2) is 4.98 Å². The fourth-order valence-electron chi connectivity index (χ4n) is 1.63. The molecule has 0 spiro atoms. The second kappa shape index (κ2) is 5.34. The largest absolute Gasteiger partial charge is 0.444 e. The monoisotopic (exact) mass is 250 g/mol. The molecule has 17 heavy (non-hydrogen) atoms. The van der Waals surface area contributed by atoms with Gasteiger partial charge in [0.15, 0.2) is 0 Å². The van der Waals surface area contributed by atoms with E-state index in [1.165, 1.54) is 0 Å². The van der Waals surface area contributed by atoms with Crippen molar-refractivity contribution in [2.24, 2.45) is 0 Å². The van der Waals surface area contributed by atoms with E-state index < -0.39 is 0 Å². The summed E-state index contributed by atoms with van der Waals surface area (Å²) in [5.41, 5.74) is 2.96. The number of halogens is 1. The number of benzene rings is 1. The Kier molecular flexibility index (Phi) is 3.82. The predicted molar refractivity (Wildman–Crippen MR) is 69.1 cm³/mol. The zero-order chi connectivity index (χ0) is 12.3. The molecular weight excluding hydrogens is 236 g/mol. The first-order chi connectivity index (χ1) is 8.20. The first-order valence-electron chi connectivity index (χ1n) is 5.62. The minimum atomic E-state index is 0.645. The van der Waals surface area contributed by atoms with Crippen molar-refractivity contribution in [3.63, 3.8) is 0 Å². The molecule has 0 aliphatic carbocycles. The van der Waals surface area contributed by atoms with Gasteiger partial charge < -0.3 is 9.73 Å². The van der Waals surface area contributed by atoms with E-state index in [9.17, 15) is 0 Å². The van der Waals surface area contributed by atoms with Gasteiger partial charge in [-0.05, 0) is 37.2 Å². The van der Waals surface area contributed by atoms with Crippen LogP contribution in [-0.2, 0) is 6.54 Å². The van der Waals surface area contributed by atoms with Crippen LogP contribution >= 0.6 is 11.6 Å². The number of oxazole rings is 1. The van der Waals surface area contributed by atoms with Crippen LogP contribution in [0.4, 0.5) is 0 Å². The predicted octanol–water partition coefficient (Wildman–Crippen LogP) is 3.41. The second-order valence-corrected chi connectivity index (χ2v) is 4.32. The lowest BCUT2D eigenvalue weighted by Crippen LogP contribution is -2.11. The number of aryl methyl sites for hydroxylation is 1. The summed E-state index contributed by atoms with van der Waals surface area (Å²) in [6, 6.07) is 5.68. The van der Waals surface area contributed by atoms with Crippen LogP contribution in [-0.4, -0.2) is 11.5 Å². The first-order valence-corrected chi connectivity index (χ1v) is 6.00. The van der Waals surface area contributed by atoms with E-state index in [4.69, 9.17) is 16.0 Å². The number of nitrogens with one attached hydrogen (secondary N) is 1. The lowest BCUT2D eigenvalue weighted by Gasteiger charge is -2.01. The molecular formula is C13H15ClN2O. The summed E-state index contributed by atoms with van der Waals surface area (Å²) in [5, 5.41) is 3.94. The summed E-state index contributed by atoms with van der Waals surface area (Å²) in [6.45, 7) is 5.70. The first kappa shape index (κ1) is 12.1. The van der Waals surface area contributed by atoms with Crippen molar-refractivity contribution in [1.82, 2.24) is 10.3 Å². The molecule has 0 bridgehead atoms. The summed E-state index contributed by atoms with van der Waals surface area (Å²) >= 11 is 5.92. The van der Waals surface area contributed by atoms with Crippen molar-refractivity contribution in [3.05, 3.63) is 40.7 Å². The standard InChI is InChI=1S/C13H15ClN2O/c1-3-15-7-11-8-17-13(16-11)12-5-4-10(14)6-9(12)2/h4-6,8,15H,3,7H2,1-2H3. The summed E-state index contributed by atoms with van der Waals surface area (Å²) in [5.74, 6) is 0.645. The van der Waals surface area contributed by atoms with Crippen molar-refractivity contribution in [2.75, 3.05) is 6.54 Å². The maximum Gasteiger partial charge on any atom is 0.226 e. The Labute approximate surface area is 106 Å². The maximum absolute atomic E-state index is 5.92. The highest BCUT2D eigenvalue weighted by Gasteiger charge is 2.09. The van der Waals surface area contributed by atoms with Crippen LogP contribution in [0.15, 0.2) is 28.9 Å². The van der Waals surface area contributed by atoms with Gasteiger partial charge in [0, 0.05) is 17.1 Å². The Bertz CT molecular complexity index is 508. The van der Waals surface area contributed by atoms with Crippen LogP contribution in [0.25, 0.3) is 11.5 Å². The SMILES string of the molecule is CCNCc1coc(-c2ccc(Cl)cc2C)n1.